The average Bonchev–Trinajstić information content (AvgIpc) is 2.69. The zero-order chi connectivity index (χ0) is 18.4. The Morgan fingerprint density at radius 1 is 1.00 bits per heavy atom. The predicted molar refractivity (Wildman–Crippen MR) is 106 cm³/mol. The molecule has 1 amide bonds. The first-order chi connectivity index (χ1) is 12.6. The molecule has 2 aromatic rings. The number of carbonyl (C=O) groups excluding carboxylic acids is 2. The molecule has 2 aromatic carbocycles. The van der Waals surface area contributed by atoms with Gasteiger partial charge in [-0.2, -0.15) is 0 Å². The summed E-state index contributed by atoms with van der Waals surface area (Å²) in [5.41, 5.74) is 1.53. The van der Waals surface area contributed by atoms with Crippen LogP contribution in [0.3, 0.4) is 0 Å². The number of rotatable bonds is 6. The number of carbonyl (C=O) groups is 2. The second kappa shape index (κ2) is 9.00. The highest BCUT2D eigenvalue weighted by Gasteiger charge is 2.18. The molecule has 136 valence electrons. The Bertz CT molecular complexity index is 767. The average molecular weight is 370 g/mol. The molecule has 0 bridgehead atoms. The number of anilines is 1. The van der Waals surface area contributed by atoms with Crippen LogP contribution in [0.1, 0.15) is 60.9 Å². The standard InChI is InChI=1S/C22H24ClNO2/c23-18-12-13-20(19(15-18)22(26)17-9-5-2-6-10-17)24-21(25)14-11-16-7-3-1-4-8-16/h2,5-6,9-10,12-13,15-16H,1,3-4,7-8,11,14H2,(H,24,25). The molecule has 0 aromatic heterocycles. The first-order valence-corrected chi connectivity index (χ1v) is 9.70. The summed E-state index contributed by atoms with van der Waals surface area (Å²) in [6.07, 6.45) is 7.74. The topological polar surface area (TPSA) is 46.2 Å². The van der Waals surface area contributed by atoms with Gasteiger partial charge in [-0.05, 0) is 30.5 Å². The number of nitrogens with one attached hydrogen (secondary N) is 1. The zero-order valence-corrected chi connectivity index (χ0v) is 15.6. The van der Waals surface area contributed by atoms with Gasteiger partial charge in [0, 0.05) is 22.6 Å². The van der Waals surface area contributed by atoms with Crippen LogP contribution in [-0.2, 0) is 4.79 Å². The summed E-state index contributed by atoms with van der Waals surface area (Å²) in [5, 5.41) is 3.39. The van der Waals surface area contributed by atoms with Gasteiger partial charge in [-0.15, -0.1) is 0 Å². The highest BCUT2D eigenvalue weighted by molar-refractivity contribution is 6.31. The molecule has 0 aliphatic heterocycles. The third-order valence-corrected chi connectivity index (χ3v) is 5.28. The monoisotopic (exact) mass is 369 g/mol. The van der Waals surface area contributed by atoms with Crippen LogP contribution in [0.25, 0.3) is 0 Å². The second-order valence-electron chi connectivity index (χ2n) is 6.98. The Balaban J connectivity index is 1.69. The summed E-state index contributed by atoms with van der Waals surface area (Å²) < 4.78 is 0. The molecule has 0 atom stereocenters. The van der Waals surface area contributed by atoms with Crippen LogP contribution >= 0.6 is 11.6 Å². The lowest BCUT2D eigenvalue weighted by Gasteiger charge is -2.21. The number of hydrogen-bond acceptors (Lipinski definition) is 2. The molecular weight excluding hydrogens is 346 g/mol. The third-order valence-electron chi connectivity index (χ3n) is 5.04. The van der Waals surface area contributed by atoms with Gasteiger partial charge in [-0.1, -0.05) is 74.0 Å². The van der Waals surface area contributed by atoms with Gasteiger partial charge in [0.1, 0.15) is 0 Å². The lowest BCUT2D eigenvalue weighted by atomic mass is 9.86. The van der Waals surface area contributed by atoms with E-state index in [0.717, 1.165) is 6.42 Å². The molecule has 1 N–H and O–H groups in total. The molecule has 1 aliphatic carbocycles. The van der Waals surface area contributed by atoms with Gasteiger partial charge in [0.2, 0.25) is 5.91 Å². The maximum absolute atomic E-state index is 12.8. The number of benzene rings is 2. The molecule has 3 nitrogen and oxygen atoms in total. The molecule has 0 unspecified atom stereocenters. The van der Waals surface area contributed by atoms with Crippen molar-refractivity contribution in [1.82, 2.24) is 0 Å². The van der Waals surface area contributed by atoms with Crippen molar-refractivity contribution in [2.24, 2.45) is 5.92 Å². The maximum atomic E-state index is 12.8. The van der Waals surface area contributed by atoms with E-state index in [0.29, 0.717) is 34.2 Å². The summed E-state index contributed by atoms with van der Waals surface area (Å²) in [7, 11) is 0. The highest BCUT2D eigenvalue weighted by Crippen LogP contribution is 2.28. The Labute approximate surface area is 159 Å². The van der Waals surface area contributed by atoms with Crippen LogP contribution < -0.4 is 5.32 Å². The third kappa shape index (κ3) is 4.95. The fraction of sp³-hybridized carbons (Fsp3) is 0.364. The van der Waals surface area contributed by atoms with Gasteiger partial charge >= 0.3 is 0 Å². The van der Waals surface area contributed by atoms with E-state index in [1.807, 2.05) is 18.2 Å². The van der Waals surface area contributed by atoms with Crippen LogP contribution in [-0.4, -0.2) is 11.7 Å². The van der Waals surface area contributed by atoms with Crippen molar-refractivity contribution < 1.29 is 9.59 Å². The number of halogens is 1. The SMILES string of the molecule is O=C(CCC1CCCCC1)Nc1ccc(Cl)cc1C(=O)c1ccccc1. The molecule has 1 fully saturated rings. The lowest BCUT2D eigenvalue weighted by Crippen LogP contribution is -2.17. The van der Waals surface area contributed by atoms with Crippen LogP contribution in [0.5, 0.6) is 0 Å². The number of amides is 1. The van der Waals surface area contributed by atoms with Gasteiger partial charge in [-0.25, -0.2) is 0 Å². The van der Waals surface area contributed by atoms with E-state index in [4.69, 9.17) is 11.6 Å². The molecule has 0 saturated heterocycles. The zero-order valence-electron chi connectivity index (χ0n) is 14.8. The van der Waals surface area contributed by atoms with Crippen molar-refractivity contribution in [1.29, 1.82) is 0 Å². The summed E-state index contributed by atoms with van der Waals surface area (Å²) in [5.74, 6) is 0.473. The fourth-order valence-electron chi connectivity index (χ4n) is 3.58. The van der Waals surface area contributed by atoms with E-state index in [1.54, 1.807) is 30.3 Å². The van der Waals surface area contributed by atoms with Crippen molar-refractivity contribution in [3.8, 4) is 0 Å². The first kappa shape index (κ1) is 18.7. The Morgan fingerprint density at radius 3 is 2.46 bits per heavy atom. The number of ketones is 1. The molecular formula is C22H24ClNO2. The minimum absolute atomic E-state index is 0.0417. The highest BCUT2D eigenvalue weighted by atomic mass is 35.5. The van der Waals surface area contributed by atoms with Gasteiger partial charge in [0.25, 0.3) is 0 Å². The summed E-state index contributed by atoms with van der Waals surface area (Å²) >= 11 is 6.08. The van der Waals surface area contributed by atoms with Crippen molar-refractivity contribution in [3.05, 3.63) is 64.7 Å². The first-order valence-electron chi connectivity index (χ1n) is 9.32. The van der Waals surface area contributed by atoms with Gasteiger partial charge < -0.3 is 5.32 Å². The maximum Gasteiger partial charge on any atom is 0.224 e. The fourth-order valence-corrected chi connectivity index (χ4v) is 3.75. The summed E-state index contributed by atoms with van der Waals surface area (Å²) in [6, 6.07) is 14.0. The lowest BCUT2D eigenvalue weighted by molar-refractivity contribution is -0.116. The largest absolute Gasteiger partial charge is 0.325 e. The Hall–Kier alpha value is -2.13. The molecule has 26 heavy (non-hydrogen) atoms. The van der Waals surface area contributed by atoms with Gasteiger partial charge in [0.05, 0.1) is 5.69 Å². The van der Waals surface area contributed by atoms with Crippen LogP contribution in [0, 0.1) is 5.92 Å². The number of hydrogen-bond donors (Lipinski definition) is 1. The van der Waals surface area contributed by atoms with Crippen molar-refractivity contribution in [3.63, 3.8) is 0 Å². The molecule has 3 rings (SSSR count). The van der Waals surface area contributed by atoms with E-state index in [1.165, 1.54) is 32.1 Å². The summed E-state index contributed by atoms with van der Waals surface area (Å²) in [4.78, 5) is 25.2. The summed E-state index contributed by atoms with van der Waals surface area (Å²) in [6.45, 7) is 0. The van der Waals surface area contributed by atoms with Crippen molar-refractivity contribution in [2.75, 3.05) is 5.32 Å². The molecule has 1 saturated carbocycles. The molecule has 0 heterocycles. The Kier molecular flexibility index (Phi) is 6.45. The molecule has 1 aliphatic rings. The van der Waals surface area contributed by atoms with E-state index < -0.39 is 0 Å². The molecule has 4 heteroatoms. The predicted octanol–water partition coefficient (Wildman–Crippen LogP) is 5.87. The van der Waals surface area contributed by atoms with E-state index in [9.17, 15) is 9.59 Å². The molecule has 0 spiro atoms. The van der Waals surface area contributed by atoms with Crippen molar-refractivity contribution in [2.45, 2.75) is 44.9 Å². The Morgan fingerprint density at radius 2 is 1.73 bits per heavy atom. The minimum Gasteiger partial charge on any atom is -0.325 e. The minimum atomic E-state index is -0.143. The van der Waals surface area contributed by atoms with E-state index in [2.05, 4.69) is 5.32 Å². The van der Waals surface area contributed by atoms with Crippen LogP contribution in [0.4, 0.5) is 5.69 Å². The van der Waals surface area contributed by atoms with E-state index >= 15 is 0 Å². The quantitative estimate of drug-likeness (QED) is 0.647. The van der Waals surface area contributed by atoms with Crippen LogP contribution in [0.2, 0.25) is 5.02 Å². The smallest absolute Gasteiger partial charge is 0.224 e. The van der Waals surface area contributed by atoms with Gasteiger partial charge in [0.15, 0.2) is 5.78 Å². The second-order valence-corrected chi connectivity index (χ2v) is 7.41. The van der Waals surface area contributed by atoms with Crippen molar-refractivity contribution >= 4 is 29.0 Å². The van der Waals surface area contributed by atoms with E-state index in [-0.39, 0.29) is 11.7 Å². The van der Waals surface area contributed by atoms with Gasteiger partial charge in [-0.3, -0.25) is 9.59 Å². The van der Waals surface area contributed by atoms with Crippen LogP contribution in [0.15, 0.2) is 48.5 Å². The normalized spacial score (nSPS) is 14.8. The molecule has 0 radical (unpaired) electrons.